The summed E-state index contributed by atoms with van der Waals surface area (Å²) in [6.07, 6.45) is 5.72. The van der Waals surface area contributed by atoms with Crippen molar-refractivity contribution in [3.63, 3.8) is 0 Å². The number of rotatable bonds is 9. The van der Waals surface area contributed by atoms with Gasteiger partial charge in [-0.25, -0.2) is 0 Å². The van der Waals surface area contributed by atoms with Crippen LogP contribution < -0.4 is 0 Å². The summed E-state index contributed by atoms with van der Waals surface area (Å²) in [7, 11) is 0. The third-order valence-electron chi connectivity index (χ3n) is 2.68. The summed E-state index contributed by atoms with van der Waals surface area (Å²) < 4.78 is 17.3. The molecule has 3 nitrogen and oxygen atoms in total. The van der Waals surface area contributed by atoms with E-state index in [0.717, 1.165) is 38.5 Å². The summed E-state index contributed by atoms with van der Waals surface area (Å²) in [5.41, 5.74) is 0. The fourth-order valence-electron chi connectivity index (χ4n) is 1.51. The van der Waals surface area contributed by atoms with Gasteiger partial charge in [0.15, 0.2) is 0 Å². The third-order valence-corrected chi connectivity index (χ3v) is 6.08. The second-order valence-electron chi connectivity index (χ2n) is 4.14. The van der Waals surface area contributed by atoms with Crippen LogP contribution in [0.3, 0.4) is 0 Å². The Morgan fingerprint density at radius 3 is 2.31 bits per heavy atom. The average Bonchev–Trinajstić information content (AvgIpc) is 2.27. The van der Waals surface area contributed by atoms with E-state index in [1.165, 1.54) is 0 Å². The van der Waals surface area contributed by atoms with E-state index in [4.69, 9.17) is 3.07 Å². The number of hydrogen-bond acceptors (Lipinski definition) is 3. The summed E-state index contributed by atoms with van der Waals surface area (Å²) >= 11 is -3.03. The van der Waals surface area contributed by atoms with Crippen molar-refractivity contribution < 1.29 is 10.9 Å². The van der Waals surface area contributed by atoms with E-state index in [2.05, 4.69) is 6.92 Å². The maximum atomic E-state index is 11.7. The zero-order chi connectivity index (χ0) is 12.4. The number of carbonyl (C=O) groups excluding carboxylic acids is 1. The van der Waals surface area contributed by atoms with Crippen molar-refractivity contribution in [2.75, 3.05) is 0 Å². The van der Waals surface area contributed by atoms with Crippen LogP contribution in [0.5, 0.6) is 0 Å². The standard InChI is InChI=1S/C8H16O2.C4H9.O.Sn/c1-3-5-6-7(4-2)8(9)10;1-3-4-2;;/h7H,3-6H2,1-2H3,(H,9,10);1,3-4H2,2H3;;/q;;;+1/p-1. The molecule has 0 radical (unpaired) electrons. The molecule has 0 aromatic rings. The summed E-state index contributed by atoms with van der Waals surface area (Å²) in [6, 6.07) is 0. The van der Waals surface area contributed by atoms with E-state index in [1.807, 2.05) is 13.8 Å². The normalized spacial score (nSPS) is 12.2. The van der Waals surface area contributed by atoms with Crippen LogP contribution in [-0.2, 0) is 10.9 Å². The van der Waals surface area contributed by atoms with Gasteiger partial charge in [-0.3, -0.25) is 0 Å². The van der Waals surface area contributed by atoms with Crippen LogP contribution in [-0.4, -0.2) is 26.1 Å². The molecule has 0 N–H and O–H groups in total. The number of hydrogen-bond donors (Lipinski definition) is 0. The monoisotopic (exact) mass is 336 g/mol. The van der Waals surface area contributed by atoms with Crippen molar-refractivity contribution in [2.45, 2.75) is 63.7 Å². The molecule has 0 fully saturated rings. The van der Waals surface area contributed by atoms with Crippen molar-refractivity contribution in [3.8, 4) is 0 Å². The second kappa shape index (κ2) is 10.2. The van der Waals surface area contributed by atoms with Gasteiger partial charge in [-0.05, 0) is 0 Å². The molecule has 0 spiro atoms. The fourth-order valence-corrected chi connectivity index (χ4v) is 4.75. The van der Waals surface area contributed by atoms with Gasteiger partial charge in [0, 0.05) is 0 Å². The summed E-state index contributed by atoms with van der Waals surface area (Å²) in [6.45, 7) is 6.14. The molecule has 16 heavy (non-hydrogen) atoms. The quantitative estimate of drug-likeness (QED) is 0.606. The summed E-state index contributed by atoms with van der Waals surface area (Å²) in [4.78, 5) is 11.7. The van der Waals surface area contributed by atoms with Gasteiger partial charge >= 0.3 is 107 Å². The molecule has 0 saturated heterocycles. The van der Waals surface area contributed by atoms with E-state index in [1.54, 1.807) is 0 Å². The van der Waals surface area contributed by atoms with E-state index >= 15 is 0 Å². The van der Waals surface area contributed by atoms with E-state index in [-0.39, 0.29) is 11.9 Å². The van der Waals surface area contributed by atoms with Crippen LogP contribution in [0.1, 0.15) is 59.3 Å². The van der Waals surface area contributed by atoms with Gasteiger partial charge in [-0.15, -0.1) is 0 Å². The molecule has 1 atom stereocenters. The van der Waals surface area contributed by atoms with Crippen molar-refractivity contribution >= 4 is 26.1 Å². The molecule has 0 amide bonds. The van der Waals surface area contributed by atoms with Crippen LogP contribution in [0.15, 0.2) is 0 Å². The summed E-state index contributed by atoms with van der Waals surface area (Å²) in [5, 5.41) is 0. The van der Waals surface area contributed by atoms with Crippen molar-refractivity contribution in [1.82, 2.24) is 0 Å². The Bertz CT molecular complexity index is 216. The van der Waals surface area contributed by atoms with Gasteiger partial charge in [-0.1, -0.05) is 0 Å². The second-order valence-corrected chi connectivity index (χ2v) is 8.28. The molecule has 0 aliphatic heterocycles. The Balaban J connectivity index is 3.95. The minimum absolute atomic E-state index is 0.0360. The van der Waals surface area contributed by atoms with Crippen LogP contribution in [0.4, 0.5) is 0 Å². The van der Waals surface area contributed by atoms with Gasteiger partial charge in [0.2, 0.25) is 0 Å². The molecule has 0 bridgehead atoms. The van der Waals surface area contributed by atoms with Gasteiger partial charge in [0.05, 0.1) is 0 Å². The fraction of sp³-hybridized carbons (Fsp3) is 0.917. The topological polar surface area (TPSA) is 43.4 Å². The van der Waals surface area contributed by atoms with Gasteiger partial charge in [-0.2, -0.15) is 0 Å². The Labute approximate surface area is 107 Å². The molecule has 0 rings (SSSR count). The zero-order valence-electron chi connectivity index (χ0n) is 10.8. The Kier molecular flexibility index (Phi) is 10.3. The van der Waals surface area contributed by atoms with Crippen LogP contribution in [0.25, 0.3) is 0 Å². The van der Waals surface area contributed by atoms with Crippen LogP contribution in [0.2, 0.25) is 4.44 Å². The predicted molar refractivity (Wildman–Crippen MR) is 65.6 cm³/mol. The van der Waals surface area contributed by atoms with Crippen LogP contribution in [0, 0.1) is 5.92 Å². The Morgan fingerprint density at radius 1 is 1.19 bits per heavy atom. The van der Waals surface area contributed by atoms with Crippen LogP contribution >= 0.6 is 0 Å². The first-order chi connectivity index (χ1) is 7.65. The molecule has 0 aromatic carbocycles. The van der Waals surface area contributed by atoms with Crippen molar-refractivity contribution in [3.05, 3.63) is 0 Å². The Hall–Kier alpha value is 0.0687. The first-order valence-corrected chi connectivity index (χ1v) is 10.7. The average molecular weight is 335 g/mol. The Morgan fingerprint density at radius 2 is 1.81 bits per heavy atom. The summed E-state index contributed by atoms with van der Waals surface area (Å²) in [5.74, 6) is -0.248. The first-order valence-electron chi connectivity index (χ1n) is 6.40. The van der Waals surface area contributed by atoms with Gasteiger partial charge in [0.1, 0.15) is 0 Å². The molecule has 1 unspecified atom stereocenters. The van der Waals surface area contributed by atoms with E-state index in [9.17, 15) is 7.87 Å². The van der Waals surface area contributed by atoms with Crippen molar-refractivity contribution in [1.29, 1.82) is 0 Å². The third kappa shape index (κ3) is 7.36. The molecule has 94 valence electrons. The minimum atomic E-state index is -3.03. The maximum absolute atomic E-state index is 11.7. The molecule has 4 heteroatoms. The molecular weight excluding hydrogens is 311 g/mol. The zero-order valence-corrected chi connectivity index (χ0v) is 13.6. The first kappa shape index (κ1) is 16.1. The van der Waals surface area contributed by atoms with E-state index < -0.39 is 20.2 Å². The SMILES string of the molecule is CCCCC(CC)C(=O)[O][Sn](=[O])[CH2]CCC. The molecule has 0 heterocycles. The van der Waals surface area contributed by atoms with Crippen molar-refractivity contribution in [2.24, 2.45) is 5.92 Å². The molecule has 0 aliphatic carbocycles. The van der Waals surface area contributed by atoms with Gasteiger partial charge in [0.25, 0.3) is 0 Å². The molecule has 0 aliphatic rings. The molecule has 0 aromatic heterocycles. The van der Waals surface area contributed by atoms with E-state index in [0.29, 0.717) is 4.44 Å². The number of unbranched alkanes of at least 4 members (excludes halogenated alkanes) is 2. The number of carbonyl (C=O) groups is 1. The van der Waals surface area contributed by atoms with Gasteiger partial charge < -0.3 is 0 Å². The molecular formula is C12H24O3Sn. The molecule has 0 saturated carbocycles. The predicted octanol–water partition coefficient (Wildman–Crippen LogP) is 3.46.